The molecule has 0 aliphatic carbocycles. The lowest BCUT2D eigenvalue weighted by Gasteiger charge is -2.05. The Hall–Kier alpha value is -2.09. The predicted molar refractivity (Wildman–Crippen MR) is 101 cm³/mol. The van der Waals surface area contributed by atoms with Gasteiger partial charge in [0.25, 0.3) is 0 Å². The number of hydrogen-bond acceptors (Lipinski definition) is 5. The Morgan fingerprint density at radius 3 is 2.69 bits per heavy atom. The van der Waals surface area contributed by atoms with Gasteiger partial charge in [-0.2, -0.15) is 4.98 Å². The van der Waals surface area contributed by atoms with E-state index in [0.717, 1.165) is 5.56 Å². The van der Waals surface area contributed by atoms with E-state index in [1.165, 1.54) is 30.0 Å². The van der Waals surface area contributed by atoms with E-state index in [1.54, 1.807) is 24.3 Å². The van der Waals surface area contributed by atoms with Crippen LogP contribution in [0.2, 0.25) is 10.0 Å². The molecule has 0 aliphatic rings. The van der Waals surface area contributed by atoms with Gasteiger partial charge in [-0.15, -0.1) is 11.8 Å². The highest BCUT2D eigenvalue weighted by molar-refractivity contribution is 7.99. The highest BCUT2D eigenvalue weighted by Crippen LogP contribution is 2.21. The maximum Gasteiger partial charge on any atom is 0.236 e. The van der Waals surface area contributed by atoms with Crippen molar-refractivity contribution in [2.75, 3.05) is 11.1 Å². The first kappa shape index (κ1) is 18.7. The molecule has 134 valence electrons. The topological polar surface area (TPSA) is 68.0 Å². The van der Waals surface area contributed by atoms with E-state index in [9.17, 15) is 9.18 Å². The molecule has 2 aromatic carbocycles. The van der Waals surface area contributed by atoms with Crippen LogP contribution in [0.3, 0.4) is 0 Å². The van der Waals surface area contributed by atoms with E-state index in [4.69, 9.17) is 27.7 Å². The van der Waals surface area contributed by atoms with Crippen LogP contribution in [0.5, 0.6) is 0 Å². The molecule has 0 aliphatic heterocycles. The number of halogens is 3. The summed E-state index contributed by atoms with van der Waals surface area (Å²) < 4.78 is 18.3. The van der Waals surface area contributed by atoms with Crippen molar-refractivity contribution in [1.82, 2.24) is 10.1 Å². The van der Waals surface area contributed by atoms with Gasteiger partial charge in [0, 0.05) is 16.3 Å². The Labute approximate surface area is 162 Å². The molecule has 1 N–H and O–H groups in total. The number of carbonyl (C=O) groups is 1. The second kappa shape index (κ2) is 8.53. The third-order valence-corrected chi connectivity index (χ3v) is 4.69. The number of anilines is 1. The maximum atomic E-state index is 13.1. The van der Waals surface area contributed by atoms with Crippen LogP contribution in [0, 0.1) is 5.82 Å². The molecule has 5 nitrogen and oxygen atoms in total. The van der Waals surface area contributed by atoms with Crippen LogP contribution < -0.4 is 5.32 Å². The predicted octanol–water partition coefficient (Wildman–Crippen LogP) is 5.05. The van der Waals surface area contributed by atoms with Crippen LogP contribution in [0.25, 0.3) is 11.4 Å². The number of thioether (sulfide) groups is 1. The first-order chi connectivity index (χ1) is 12.5. The fraction of sp³-hybridized carbons (Fsp3) is 0.118. The van der Waals surface area contributed by atoms with Crippen LogP contribution >= 0.6 is 35.0 Å². The molecule has 0 spiro atoms. The molecule has 1 heterocycles. The van der Waals surface area contributed by atoms with Gasteiger partial charge >= 0.3 is 0 Å². The summed E-state index contributed by atoms with van der Waals surface area (Å²) in [5, 5.41) is 7.13. The van der Waals surface area contributed by atoms with Crippen molar-refractivity contribution in [1.29, 1.82) is 0 Å². The molecule has 0 saturated heterocycles. The van der Waals surface area contributed by atoms with Gasteiger partial charge in [-0.1, -0.05) is 28.4 Å². The van der Waals surface area contributed by atoms with E-state index >= 15 is 0 Å². The highest BCUT2D eigenvalue weighted by atomic mass is 35.5. The number of carbonyl (C=O) groups excluding carboxylic acids is 1. The van der Waals surface area contributed by atoms with Crippen LogP contribution in [-0.2, 0) is 10.5 Å². The summed E-state index contributed by atoms with van der Waals surface area (Å²) in [6.45, 7) is 0. The van der Waals surface area contributed by atoms with Gasteiger partial charge in [0.15, 0.2) is 0 Å². The van der Waals surface area contributed by atoms with E-state index in [0.29, 0.717) is 28.2 Å². The van der Waals surface area contributed by atoms with Gasteiger partial charge in [0.05, 0.1) is 16.5 Å². The van der Waals surface area contributed by atoms with E-state index in [1.807, 2.05) is 0 Å². The molecule has 1 aromatic heterocycles. The molecule has 9 heteroatoms. The van der Waals surface area contributed by atoms with Crippen molar-refractivity contribution in [3.63, 3.8) is 0 Å². The van der Waals surface area contributed by atoms with Crippen molar-refractivity contribution in [3.05, 3.63) is 64.2 Å². The van der Waals surface area contributed by atoms with Crippen molar-refractivity contribution in [2.24, 2.45) is 0 Å². The van der Waals surface area contributed by atoms with Gasteiger partial charge in [0.1, 0.15) is 5.82 Å². The zero-order valence-corrected chi connectivity index (χ0v) is 15.5. The zero-order valence-electron chi connectivity index (χ0n) is 13.2. The van der Waals surface area contributed by atoms with Crippen molar-refractivity contribution in [2.45, 2.75) is 5.75 Å². The average molecular weight is 412 g/mol. The number of amides is 1. The Balaban J connectivity index is 1.49. The minimum Gasteiger partial charge on any atom is -0.338 e. The van der Waals surface area contributed by atoms with Crippen molar-refractivity contribution >= 4 is 46.6 Å². The molecule has 0 atom stereocenters. The van der Waals surface area contributed by atoms with Gasteiger partial charge in [-0.05, 0) is 42.5 Å². The number of benzene rings is 2. The quantitative estimate of drug-likeness (QED) is 0.614. The van der Waals surface area contributed by atoms with E-state index in [2.05, 4.69) is 15.5 Å². The molecule has 0 saturated carbocycles. The molecule has 3 aromatic rings. The second-order valence-corrected chi connectivity index (χ2v) is 7.02. The summed E-state index contributed by atoms with van der Waals surface area (Å²) in [7, 11) is 0. The largest absolute Gasteiger partial charge is 0.338 e. The summed E-state index contributed by atoms with van der Waals surface area (Å²) in [4.78, 5) is 16.2. The summed E-state index contributed by atoms with van der Waals surface area (Å²) in [6.07, 6.45) is 0. The first-order valence-corrected chi connectivity index (χ1v) is 9.33. The van der Waals surface area contributed by atoms with Gasteiger partial charge in [-0.25, -0.2) is 4.39 Å². The molecular formula is C17H12Cl2FN3O2S. The number of nitrogens with zero attached hydrogens (tertiary/aromatic N) is 2. The summed E-state index contributed by atoms with van der Waals surface area (Å²) in [5.74, 6) is 0.661. The van der Waals surface area contributed by atoms with E-state index in [-0.39, 0.29) is 16.7 Å². The molecule has 1 amide bonds. The SMILES string of the molecule is O=C(CSCc1nc(-c2ccc(Cl)cc2)no1)Nc1ccc(F)c(Cl)c1. The molecule has 0 fully saturated rings. The lowest BCUT2D eigenvalue weighted by atomic mass is 10.2. The number of rotatable bonds is 6. The minimum atomic E-state index is -0.535. The van der Waals surface area contributed by atoms with E-state index < -0.39 is 5.82 Å². The third-order valence-electron chi connectivity index (χ3n) is 3.23. The van der Waals surface area contributed by atoms with Crippen LogP contribution in [0.1, 0.15) is 5.89 Å². The molecule has 26 heavy (non-hydrogen) atoms. The molecule has 0 unspecified atom stereocenters. The number of aromatic nitrogens is 2. The Kier molecular flexibility index (Phi) is 6.13. The summed E-state index contributed by atoms with van der Waals surface area (Å²) >= 11 is 12.8. The fourth-order valence-corrected chi connectivity index (χ4v) is 2.99. The van der Waals surface area contributed by atoms with Crippen LogP contribution in [0.15, 0.2) is 47.0 Å². The van der Waals surface area contributed by atoms with Gasteiger partial charge in [-0.3, -0.25) is 4.79 Å². The third kappa shape index (κ3) is 4.97. The van der Waals surface area contributed by atoms with Crippen LogP contribution in [-0.4, -0.2) is 21.8 Å². The molecule has 0 bridgehead atoms. The normalized spacial score (nSPS) is 10.7. The lowest BCUT2D eigenvalue weighted by molar-refractivity contribution is -0.113. The maximum absolute atomic E-state index is 13.1. The smallest absolute Gasteiger partial charge is 0.236 e. The Bertz CT molecular complexity index is 919. The molecule has 3 rings (SSSR count). The Morgan fingerprint density at radius 1 is 1.19 bits per heavy atom. The summed E-state index contributed by atoms with van der Waals surface area (Å²) in [6, 6.07) is 11.1. The number of nitrogens with one attached hydrogen (secondary N) is 1. The second-order valence-electron chi connectivity index (χ2n) is 5.19. The van der Waals surface area contributed by atoms with Gasteiger partial charge in [0.2, 0.25) is 17.6 Å². The summed E-state index contributed by atoms with van der Waals surface area (Å²) in [5.41, 5.74) is 1.23. The average Bonchev–Trinajstić information content (AvgIpc) is 3.08. The van der Waals surface area contributed by atoms with Gasteiger partial charge < -0.3 is 9.84 Å². The fourth-order valence-electron chi connectivity index (χ4n) is 2.03. The molecule has 0 radical (unpaired) electrons. The van der Waals surface area contributed by atoms with Crippen molar-refractivity contribution < 1.29 is 13.7 Å². The Morgan fingerprint density at radius 2 is 1.96 bits per heavy atom. The minimum absolute atomic E-state index is 0.0453. The van der Waals surface area contributed by atoms with Crippen molar-refractivity contribution in [3.8, 4) is 11.4 Å². The van der Waals surface area contributed by atoms with Crippen LogP contribution in [0.4, 0.5) is 10.1 Å². The first-order valence-electron chi connectivity index (χ1n) is 7.42. The standard InChI is InChI=1S/C17H12Cl2FN3O2S/c18-11-3-1-10(2-4-11)17-22-16(25-23-17)9-26-8-15(24)21-12-5-6-14(20)13(19)7-12/h1-7H,8-9H2,(H,21,24). The lowest BCUT2D eigenvalue weighted by Crippen LogP contribution is -2.14. The zero-order chi connectivity index (χ0) is 18.5. The highest BCUT2D eigenvalue weighted by Gasteiger charge is 2.10. The molecular weight excluding hydrogens is 400 g/mol. The monoisotopic (exact) mass is 411 g/mol. The number of hydrogen-bond donors (Lipinski definition) is 1.